The van der Waals surface area contributed by atoms with Crippen molar-refractivity contribution in [2.75, 3.05) is 44.9 Å². The van der Waals surface area contributed by atoms with Crippen LogP contribution in [0.2, 0.25) is 0 Å². The van der Waals surface area contributed by atoms with E-state index in [9.17, 15) is 5.11 Å². The quantitative estimate of drug-likeness (QED) is 0.669. The van der Waals surface area contributed by atoms with Gasteiger partial charge in [0.2, 0.25) is 0 Å². The standard InChI is InChI=1S/C22H27N5O3/c1-15-5-4-6-17(16(15)2)18-7-8-27(25-18)21-13-20(26-9-11-30-12-10-26)23-22(24-21)19(14-28)29-3/h4-8,13,19,28H,9-12,14H2,1-3H3/t19-/m0/s1. The smallest absolute Gasteiger partial charge is 0.164 e. The fraction of sp³-hybridized carbons (Fsp3) is 0.409. The molecule has 30 heavy (non-hydrogen) atoms. The van der Waals surface area contributed by atoms with Crippen LogP contribution in [0.25, 0.3) is 17.1 Å². The molecule has 2 aromatic heterocycles. The molecule has 0 aliphatic carbocycles. The molecule has 0 amide bonds. The molecule has 1 aromatic carbocycles. The minimum Gasteiger partial charge on any atom is -0.393 e. The van der Waals surface area contributed by atoms with Gasteiger partial charge in [-0.05, 0) is 31.0 Å². The van der Waals surface area contributed by atoms with E-state index in [1.165, 1.54) is 18.2 Å². The Morgan fingerprint density at radius 3 is 2.63 bits per heavy atom. The number of aliphatic hydroxyl groups excluding tert-OH is 1. The maximum atomic E-state index is 9.69. The second-order valence-corrected chi connectivity index (χ2v) is 7.34. The number of nitrogens with zero attached hydrogens (tertiary/aromatic N) is 5. The normalized spacial score (nSPS) is 15.4. The topological polar surface area (TPSA) is 85.5 Å². The summed E-state index contributed by atoms with van der Waals surface area (Å²) in [6, 6.07) is 10.1. The molecule has 8 heteroatoms. The molecule has 0 saturated carbocycles. The van der Waals surface area contributed by atoms with Gasteiger partial charge in [-0.15, -0.1) is 0 Å². The summed E-state index contributed by atoms with van der Waals surface area (Å²) in [5, 5.41) is 14.5. The SMILES string of the molecule is CO[C@@H](CO)c1nc(N2CCOCC2)cc(-n2ccc(-c3cccc(C)c3C)n2)n1. The maximum Gasteiger partial charge on any atom is 0.164 e. The lowest BCUT2D eigenvalue weighted by Crippen LogP contribution is -2.37. The highest BCUT2D eigenvalue weighted by Gasteiger charge is 2.20. The van der Waals surface area contributed by atoms with Gasteiger partial charge in [-0.2, -0.15) is 5.10 Å². The molecule has 1 atom stereocenters. The number of methoxy groups -OCH3 is 1. The van der Waals surface area contributed by atoms with E-state index >= 15 is 0 Å². The van der Waals surface area contributed by atoms with E-state index in [0.29, 0.717) is 24.9 Å². The van der Waals surface area contributed by atoms with E-state index < -0.39 is 6.10 Å². The average Bonchev–Trinajstić information content (AvgIpc) is 3.27. The largest absolute Gasteiger partial charge is 0.393 e. The van der Waals surface area contributed by atoms with E-state index in [1.54, 1.807) is 4.68 Å². The summed E-state index contributed by atoms with van der Waals surface area (Å²) in [5.41, 5.74) is 4.42. The van der Waals surface area contributed by atoms with Gasteiger partial charge in [0.05, 0.1) is 25.5 Å². The Balaban J connectivity index is 1.75. The van der Waals surface area contributed by atoms with E-state index in [4.69, 9.17) is 14.6 Å². The predicted molar refractivity (Wildman–Crippen MR) is 114 cm³/mol. The van der Waals surface area contributed by atoms with E-state index in [-0.39, 0.29) is 6.61 Å². The van der Waals surface area contributed by atoms with Crippen molar-refractivity contribution in [1.29, 1.82) is 0 Å². The lowest BCUT2D eigenvalue weighted by atomic mass is 10.0. The zero-order chi connectivity index (χ0) is 21.1. The van der Waals surface area contributed by atoms with Gasteiger partial charge in [0.15, 0.2) is 11.6 Å². The van der Waals surface area contributed by atoms with Crippen LogP contribution < -0.4 is 4.90 Å². The van der Waals surface area contributed by atoms with Gasteiger partial charge >= 0.3 is 0 Å². The van der Waals surface area contributed by atoms with Crippen molar-refractivity contribution >= 4 is 5.82 Å². The van der Waals surface area contributed by atoms with Crippen LogP contribution in [0.5, 0.6) is 0 Å². The molecular weight excluding hydrogens is 382 g/mol. The molecule has 1 aliphatic heterocycles. The van der Waals surface area contributed by atoms with Crippen molar-refractivity contribution in [1.82, 2.24) is 19.7 Å². The number of ether oxygens (including phenoxy) is 2. The molecule has 0 radical (unpaired) electrons. The number of aryl methyl sites for hydroxylation is 1. The van der Waals surface area contributed by atoms with Crippen molar-refractivity contribution in [2.24, 2.45) is 0 Å². The Morgan fingerprint density at radius 1 is 1.13 bits per heavy atom. The van der Waals surface area contributed by atoms with Crippen LogP contribution in [0.3, 0.4) is 0 Å². The zero-order valence-electron chi connectivity index (χ0n) is 17.6. The summed E-state index contributed by atoms with van der Waals surface area (Å²) in [6.07, 6.45) is 1.30. The fourth-order valence-corrected chi connectivity index (χ4v) is 3.54. The van der Waals surface area contributed by atoms with Gasteiger partial charge in [-0.1, -0.05) is 18.2 Å². The van der Waals surface area contributed by atoms with Gasteiger partial charge < -0.3 is 19.5 Å². The first-order chi connectivity index (χ1) is 14.6. The first kappa shape index (κ1) is 20.5. The highest BCUT2D eigenvalue weighted by molar-refractivity contribution is 5.64. The fourth-order valence-electron chi connectivity index (χ4n) is 3.54. The minimum absolute atomic E-state index is 0.199. The molecule has 0 bridgehead atoms. The first-order valence-corrected chi connectivity index (χ1v) is 10.1. The minimum atomic E-state index is -0.598. The highest BCUT2D eigenvalue weighted by Crippen LogP contribution is 2.26. The number of aliphatic hydroxyl groups is 1. The molecule has 8 nitrogen and oxygen atoms in total. The summed E-state index contributed by atoms with van der Waals surface area (Å²) in [4.78, 5) is 11.4. The zero-order valence-corrected chi connectivity index (χ0v) is 17.6. The third kappa shape index (κ3) is 4.07. The molecule has 3 aromatic rings. The monoisotopic (exact) mass is 409 g/mol. The number of benzene rings is 1. The predicted octanol–water partition coefficient (Wildman–Crippen LogP) is 2.46. The lowest BCUT2D eigenvalue weighted by molar-refractivity contribution is 0.0422. The number of hydrogen-bond acceptors (Lipinski definition) is 7. The van der Waals surface area contributed by atoms with Crippen molar-refractivity contribution in [3.05, 3.63) is 53.5 Å². The third-order valence-corrected chi connectivity index (χ3v) is 5.49. The van der Waals surface area contributed by atoms with Crippen LogP contribution in [0.15, 0.2) is 36.5 Å². The van der Waals surface area contributed by atoms with Gasteiger partial charge in [0, 0.05) is 38.0 Å². The Kier molecular flexibility index (Phi) is 6.08. The van der Waals surface area contributed by atoms with Crippen molar-refractivity contribution in [3.63, 3.8) is 0 Å². The van der Waals surface area contributed by atoms with Gasteiger partial charge in [-0.25, -0.2) is 14.6 Å². The van der Waals surface area contributed by atoms with Crippen molar-refractivity contribution in [3.8, 4) is 17.1 Å². The highest BCUT2D eigenvalue weighted by atomic mass is 16.5. The molecule has 1 saturated heterocycles. The molecule has 1 N–H and O–H groups in total. The molecule has 158 valence electrons. The summed E-state index contributed by atoms with van der Waals surface area (Å²) in [7, 11) is 1.54. The third-order valence-electron chi connectivity index (χ3n) is 5.49. The molecule has 4 rings (SSSR count). The first-order valence-electron chi connectivity index (χ1n) is 10.1. The second-order valence-electron chi connectivity index (χ2n) is 7.34. The van der Waals surface area contributed by atoms with E-state index in [1.807, 2.05) is 24.4 Å². The number of anilines is 1. The van der Waals surface area contributed by atoms with Crippen LogP contribution >= 0.6 is 0 Å². The maximum absolute atomic E-state index is 9.69. The van der Waals surface area contributed by atoms with Crippen LogP contribution in [0, 0.1) is 13.8 Å². The van der Waals surface area contributed by atoms with Crippen LogP contribution in [0.1, 0.15) is 23.1 Å². The number of hydrogen-bond donors (Lipinski definition) is 1. The van der Waals surface area contributed by atoms with Crippen molar-refractivity contribution in [2.45, 2.75) is 20.0 Å². The summed E-state index contributed by atoms with van der Waals surface area (Å²) >= 11 is 0. The van der Waals surface area contributed by atoms with E-state index in [2.05, 4.69) is 40.8 Å². The Labute approximate surface area is 176 Å². The summed E-state index contributed by atoms with van der Waals surface area (Å²) in [5.74, 6) is 1.84. The number of morpholine rings is 1. The number of rotatable bonds is 6. The van der Waals surface area contributed by atoms with Crippen LogP contribution in [-0.2, 0) is 9.47 Å². The Hall–Kier alpha value is -2.81. The molecule has 1 aliphatic rings. The molecule has 1 fully saturated rings. The van der Waals surface area contributed by atoms with E-state index in [0.717, 1.165) is 30.2 Å². The van der Waals surface area contributed by atoms with Gasteiger partial charge in [-0.3, -0.25) is 0 Å². The van der Waals surface area contributed by atoms with Gasteiger partial charge in [0.1, 0.15) is 11.9 Å². The molecule has 3 heterocycles. The summed E-state index contributed by atoms with van der Waals surface area (Å²) in [6.45, 7) is 6.81. The van der Waals surface area contributed by atoms with Gasteiger partial charge in [0.25, 0.3) is 0 Å². The van der Waals surface area contributed by atoms with Crippen molar-refractivity contribution < 1.29 is 14.6 Å². The molecular formula is C22H27N5O3. The summed E-state index contributed by atoms with van der Waals surface area (Å²) < 4.78 is 12.6. The van der Waals surface area contributed by atoms with Crippen LogP contribution in [-0.4, -0.2) is 64.9 Å². The Morgan fingerprint density at radius 2 is 1.90 bits per heavy atom. The molecule has 0 spiro atoms. The second kappa shape index (κ2) is 8.91. The average molecular weight is 409 g/mol. The molecule has 0 unspecified atom stereocenters. The lowest BCUT2D eigenvalue weighted by Gasteiger charge is -2.28. The van der Waals surface area contributed by atoms with Crippen LogP contribution in [0.4, 0.5) is 5.82 Å². The number of aromatic nitrogens is 4. The Bertz CT molecular complexity index is 1010.